The SMILES string of the molecule is CC1(C)OB(C(=Cc2cc(Br)ccc2C(=O)O)CNC(=O)OCC2c3ccccc3-c3ccccc32)OC1(C)C. The topological polar surface area (TPSA) is 94.1 Å². The van der Waals surface area contributed by atoms with Crippen LogP contribution in [0.25, 0.3) is 17.2 Å². The number of benzene rings is 3. The normalized spacial score (nSPS) is 17.3. The quantitative estimate of drug-likeness (QED) is 0.292. The van der Waals surface area contributed by atoms with Gasteiger partial charge in [-0.25, -0.2) is 9.59 Å². The van der Waals surface area contributed by atoms with Gasteiger partial charge in [0.15, 0.2) is 0 Å². The van der Waals surface area contributed by atoms with Crippen molar-refractivity contribution in [1.29, 1.82) is 0 Å². The van der Waals surface area contributed by atoms with Gasteiger partial charge in [-0.2, -0.15) is 0 Å². The number of amides is 1. The third-order valence-corrected chi connectivity index (χ3v) is 8.41. The lowest BCUT2D eigenvalue weighted by Gasteiger charge is -2.32. The van der Waals surface area contributed by atoms with E-state index >= 15 is 0 Å². The Morgan fingerprint density at radius 3 is 2.12 bits per heavy atom. The molecule has 2 aliphatic rings. The molecule has 7 nitrogen and oxygen atoms in total. The Morgan fingerprint density at radius 1 is 0.975 bits per heavy atom. The Labute approximate surface area is 242 Å². The molecular formula is C31H31BBrNO6. The summed E-state index contributed by atoms with van der Waals surface area (Å²) in [6, 6.07) is 21.2. The Kier molecular flexibility index (Phi) is 7.65. The van der Waals surface area contributed by atoms with Crippen LogP contribution >= 0.6 is 15.9 Å². The van der Waals surface area contributed by atoms with E-state index in [1.54, 1.807) is 18.2 Å². The number of carbonyl (C=O) groups excluding carboxylic acids is 1. The number of halogens is 1. The van der Waals surface area contributed by atoms with Crippen LogP contribution in [0.1, 0.15) is 60.7 Å². The van der Waals surface area contributed by atoms with Gasteiger partial charge in [0.2, 0.25) is 0 Å². The van der Waals surface area contributed by atoms with E-state index in [0.29, 0.717) is 11.0 Å². The first-order valence-electron chi connectivity index (χ1n) is 13.1. The van der Waals surface area contributed by atoms with Gasteiger partial charge in [-0.3, -0.25) is 0 Å². The van der Waals surface area contributed by atoms with Crippen LogP contribution in [0.2, 0.25) is 0 Å². The van der Waals surface area contributed by atoms with Crippen LogP contribution < -0.4 is 5.32 Å². The minimum absolute atomic E-state index is 0.0407. The van der Waals surface area contributed by atoms with Crippen molar-refractivity contribution in [3.8, 4) is 11.1 Å². The van der Waals surface area contributed by atoms with E-state index in [4.69, 9.17) is 14.0 Å². The molecule has 0 saturated carbocycles. The maximum atomic E-state index is 12.9. The number of carbonyl (C=O) groups is 2. The minimum Gasteiger partial charge on any atom is -0.478 e. The summed E-state index contributed by atoms with van der Waals surface area (Å²) in [6.07, 6.45) is 1.11. The zero-order valence-electron chi connectivity index (χ0n) is 22.9. The Balaban J connectivity index is 1.35. The molecule has 1 amide bonds. The van der Waals surface area contributed by atoms with Crippen LogP contribution in [0, 0.1) is 0 Å². The van der Waals surface area contributed by atoms with Crippen LogP contribution in [0.15, 0.2) is 76.7 Å². The summed E-state index contributed by atoms with van der Waals surface area (Å²) < 4.78 is 18.9. The second-order valence-electron chi connectivity index (χ2n) is 11.0. The monoisotopic (exact) mass is 603 g/mol. The fourth-order valence-corrected chi connectivity index (χ4v) is 5.45. The van der Waals surface area contributed by atoms with Crippen LogP contribution in [0.3, 0.4) is 0 Å². The summed E-state index contributed by atoms with van der Waals surface area (Å²) in [6.45, 7) is 7.97. The van der Waals surface area contributed by atoms with E-state index in [9.17, 15) is 14.7 Å². The molecule has 0 bridgehead atoms. The van der Waals surface area contributed by atoms with E-state index in [1.165, 1.54) is 6.07 Å². The second-order valence-corrected chi connectivity index (χ2v) is 11.9. The van der Waals surface area contributed by atoms with Gasteiger partial charge < -0.3 is 24.5 Å². The lowest BCUT2D eigenvalue weighted by molar-refractivity contribution is 0.00578. The molecule has 1 aliphatic carbocycles. The predicted molar refractivity (Wildman–Crippen MR) is 158 cm³/mol. The molecule has 9 heteroatoms. The maximum Gasteiger partial charge on any atom is 0.492 e. The van der Waals surface area contributed by atoms with Crippen molar-refractivity contribution >= 4 is 41.2 Å². The number of carboxylic acid groups (broad SMARTS) is 1. The summed E-state index contributed by atoms with van der Waals surface area (Å²) >= 11 is 3.42. The van der Waals surface area contributed by atoms with Gasteiger partial charge in [0, 0.05) is 16.9 Å². The lowest BCUT2D eigenvalue weighted by atomic mass is 9.76. The number of fused-ring (bicyclic) bond motifs is 3. The molecule has 2 N–H and O–H groups in total. The number of rotatable bonds is 7. The fraction of sp³-hybridized carbons (Fsp3) is 0.290. The number of hydrogen-bond donors (Lipinski definition) is 2. The summed E-state index contributed by atoms with van der Waals surface area (Å²) in [5.74, 6) is -1.12. The molecule has 1 heterocycles. The highest BCUT2D eigenvalue weighted by molar-refractivity contribution is 9.10. The van der Waals surface area contributed by atoms with E-state index in [0.717, 1.165) is 26.7 Å². The highest BCUT2D eigenvalue weighted by Gasteiger charge is 2.52. The van der Waals surface area contributed by atoms with Crippen molar-refractivity contribution in [2.75, 3.05) is 13.2 Å². The molecule has 3 aromatic rings. The van der Waals surface area contributed by atoms with Gasteiger partial charge >= 0.3 is 19.2 Å². The number of alkyl carbamates (subject to hydrolysis) is 1. The highest BCUT2D eigenvalue weighted by Crippen LogP contribution is 2.44. The first-order chi connectivity index (χ1) is 19.0. The third kappa shape index (κ3) is 5.46. The van der Waals surface area contributed by atoms with Crippen LogP contribution in [-0.2, 0) is 14.0 Å². The number of aromatic carboxylic acids is 1. The number of hydrogen-bond acceptors (Lipinski definition) is 5. The largest absolute Gasteiger partial charge is 0.492 e. The Bertz CT molecular complexity index is 1440. The first-order valence-corrected chi connectivity index (χ1v) is 13.9. The van der Waals surface area contributed by atoms with Crippen LogP contribution in [0.4, 0.5) is 4.79 Å². The summed E-state index contributed by atoms with van der Waals surface area (Å²) in [7, 11) is -0.792. The molecule has 1 saturated heterocycles. The van der Waals surface area contributed by atoms with Crippen molar-refractivity contribution in [2.45, 2.75) is 44.8 Å². The summed E-state index contributed by atoms with van der Waals surface area (Å²) in [4.78, 5) is 24.8. The lowest BCUT2D eigenvalue weighted by Crippen LogP contribution is -2.41. The van der Waals surface area contributed by atoms with Crippen molar-refractivity contribution in [1.82, 2.24) is 5.32 Å². The van der Waals surface area contributed by atoms with Crippen LogP contribution in [0.5, 0.6) is 0 Å². The van der Waals surface area contributed by atoms with Gasteiger partial charge in [-0.1, -0.05) is 70.5 Å². The molecule has 0 aromatic heterocycles. The number of ether oxygens (including phenoxy) is 1. The van der Waals surface area contributed by atoms with Gasteiger partial charge in [-0.05, 0) is 79.2 Å². The molecule has 1 fully saturated rings. The highest BCUT2D eigenvalue weighted by atomic mass is 79.9. The number of carboxylic acids is 1. The smallest absolute Gasteiger partial charge is 0.478 e. The predicted octanol–water partition coefficient (Wildman–Crippen LogP) is 6.70. The average molecular weight is 604 g/mol. The second kappa shape index (κ2) is 10.9. The van der Waals surface area contributed by atoms with E-state index < -0.39 is 30.4 Å². The molecule has 0 radical (unpaired) electrons. The van der Waals surface area contributed by atoms with E-state index in [1.807, 2.05) is 52.0 Å². The van der Waals surface area contributed by atoms with Crippen molar-refractivity contribution in [3.63, 3.8) is 0 Å². The van der Waals surface area contributed by atoms with Gasteiger partial charge in [-0.15, -0.1) is 0 Å². The fourth-order valence-electron chi connectivity index (χ4n) is 5.07. The molecule has 40 heavy (non-hydrogen) atoms. The molecule has 0 spiro atoms. The molecule has 0 atom stereocenters. The molecule has 3 aromatic carbocycles. The van der Waals surface area contributed by atoms with Crippen LogP contribution in [-0.4, -0.2) is 48.6 Å². The summed E-state index contributed by atoms with van der Waals surface area (Å²) in [5, 5.41) is 12.6. The molecule has 5 rings (SSSR count). The average Bonchev–Trinajstić information content (AvgIpc) is 3.34. The minimum atomic E-state index is -1.06. The van der Waals surface area contributed by atoms with Gasteiger partial charge in [0.25, 0.3) is 0 Å². The standard InChI is InChI=1S/C31H31BBrNO6/c1-30(2)31(3,4)40-32(39-30)20(15-19-16-21(33)13-14-22(19)28(35)36)17-34-29(37)38-18-27-25-11-7-5-9-23(25)24-10-6-8-12-26(24)27/h5-16,27H,17-18H2,1-4H3,(H,34,37)(H,35,36). The zero-order valence-corrected chi connectivity index (χ0v) is 24.4. The molecule has 206 valence electrons. The Morgan fingerprint density at radius 2 is 1.55 bits per heavy atom. The number of nitrogens with one attached hydrogen (secondary N) is 1. The van der Waals surface area contributed by atoms with Gasteiger partial charge in [0.1, 0.15) is 6.61 Å². The van der Waals surface area contributed by atoms with E-state index in [2.05, 4.69) is 45.5 Å². The van der Waals surface area contributed by atoms with Gasteiger partial charge in [0.05, 0.1) is 16.8 Å². The van der Waals surface area contributed by atoms with E-state index in [-0.39, 0.29) is 24.6 Å². The zero-order chi connectivity index (χ0) is 28.7. The third-order valence-electron chi connectivity index (χ3n) is 7.92. The van der Waals surface area contributed by atoms with Crippen molar-refractivity contribution in [2.24, 2.45) is 0 Å². The molecule has 0 unspecified atom stereocenters. The maximum absolute atomic E-state index is 12.9. The first kappa shape index (κ1) is 28.1. The van der Waals surface area contributed by atoms with Crippen molar-refractivity contribution in [3.05, 3.63) is 98.9 Å². The Hall–Kier alpha value is -3.40. The molecule has 1 aliphatic heterocycles. The summed E-state index contributed by atoms with van der Waals surface area (Å²) in [5.41, 5.74) is 4.48. The van der Waals surface area contributed by atoms with Crippen molar-refractivity contribution < 1.29 is 28.7 Å². The molecular weight excluding hydrogens is 573 g/mol.